The Morgan fingerprint density at radius 2 is 1.82 bits per heavy atom. The van der Waals surface area contributed by atoms with Crippen molar-refractivity contribution >= 4 is 39.1 Å². The molecule has 1 N–H and O–H groups in total. The Balaban J connectivity index is 1.87. The maximum atomic E-state index is 12.6. The van der Waals surface area contributed by atoms with Gasteiger partial charge in [0.05, 0.1) is 5.69 Å². The molecule has 0 radical (unpaired) electrons. The zero-order valence-corrected chi connectivity index (χ0v) is 13.6. The summed E-state index contributed by atoms with van der Waals surface area (Å²) in [7, 11) is 0. The molecule has 2 amide bonds. The van der Waals surface area contributed by atoms with Crippen LogP contribution in [0.15, 0.2) is 53.0 Å². The van der Waals surface area contributed by atoms with E-state index in [4.69, 9.17) is 0 Å². The number of halogens is 1. The molecule has 22 heavy (non-hydrogen) atoms. The average molecular weight is 359 g/mol. The van der Waals surface area contributed by atoms with Gasteiger partial charge in [-0.2, -0.15) is 0 Å². The number of anilines is 2. The Bertz CT molecular complexity index is 745. The third kappa shape index (κ3) is 2.64. The summed E-state index contributed by atoms with van der Waals surface area (Å²) >= 11 is 3.41. The van der Waals surface area contributed by atoms with Crippen LogP contribution in [-0.4, -0.2) is 17.9 Å². The van der Waals surface area contributed by atoms with Crippen LogP contribution in [-0.2, 0) is 16.0 Å². The highest BCUT2D eigenvalue weighted by Crippen LogP contribution is 2.33. The van der Waals surface area contributed by atoms with Crippen molar-refractivity contribution in [3.05, 3.63) is 58.6 Å². The van der Waals surface area contributed by atoms with E-state index in [1.165, 1.54) is 6.92 Å². The smallest absolute Gasteiger partial charge is 0.247 e. The van der Waals surface area contributed by atoms with Gasteiger partial charge in [-0.05, 0) is 39.7 Å². The van der Waals surface area contributed by atoms with E-state index in [0.29, 0.717) is 12.1 Å². The van der Waals surface area contributed by atoms with Crippen molar-refractivity contribution in [1.29, 1.82) is 0 Å². The number of carbonyl (C=O) groups is 2. The van der Waals surface area contributed by atoms with Gasteiger partial charge < -0.3 is 5.32 Å². The van der Waals surface area contributed by atoms with Gasteiger partial charge in [-0.15, -0.1) is 0 Å². The highest BCUT2D eigenvalue weighted by Gasteiger charge is 2.36. The quantitative estimate of drug-likeness (QED) is 0.894. The lowest BCUT2D eigenvalue weighted by Crippen LogP contribution is -2.44. The van der Waals surface area contributed by atoms with Gasteiger partial charge in [-0.3, -0.25) is 14.5 Å². The van der Waals surface area contributed by atoms with Crippen LogP contribution in [0.3, 0.4) is 0 Å². The number of nitrogens with one attached hydrogen (secondary N) is 1. The van der Waals surface area contributed by atoms with Crippen LogP contribution in [0.2, 0.25) is 0 Å². The molecule has 4 nitrogen and oxygen atoms in total. The molecule has 112 valence electrons. The fraction of sp³-hybridized carbons (Fsp3) is 0.176. The second-order valence-corrected chi connectivity index (χ2v) is 6.06. The second kappa shape index (κ2) is 5.93. The highest BCUT2D eigenvalue weighted by atomic mass is 79.9. The van der Waals surface area contributed by atoms with E-state index < -0.39 is 6.04 Å². The molecule has 1 atom stereocenters. The predicted octanol–water partition coefficient (Wildman–Crippen LogP) is 3.37. The van der Waals surface area contributed by atoms with E-state index in [9.17, 15) is 9.59 Å². The zero-order chi connectivity index (χ0) is 15.7. The largest absolute Gasteiger partial charge is 0.323 e. The minimum Gasteiger partial charge on any atom is -0.323 e. The van der Waals surface area contributed by atoms with Gasteiger partial charge in [0, 0.05) is 23.5 Å². The Hall–Kier alpha value is -2.14. The standard InChI is InChI=1S/C17H15BrN2O2/c1-11(21)20-15-9-5-2-6-12(15)10-16(20)17(22)19-14-8-4-3-7-13(14)18/h2-9,16H,10H2,1H3,(H,19,22)/t16-/m1/s1. The van der Waals surface area contributed by atoms with Gasteiger partial charge in [0.15, 0.2) is 0 Å². The summed E-state index contributed by atoms with van der Waals surface area (Å²) in [4.78, 5) is 26.2. The van der Waals surface area contributed by atoms with Crippen molar-refractivity contribution in [3.63, 3.8) is 0 Å². The molecule has 2 aromatic carbocycles. The lowest BCUT2D eigenvalue weighted by molar-refractivity contribution is -0.122. The molecule has 1 heterocycles. The molecule has 0 saturated heterocycles. The minimum absolute atomic E-state index is 0.128. The first-order valence-electron chi connectivity index (χ1n) is 7.01. The number of amides is 2. The van der Waals surface area contributed by atoms with Gasteiger partial charge in [-0.1, -0.05) is 30.3 Å². The van der Waals surface area contributed by atoms with Gasteiger partial charge in [0.2, 0.25) is 11.8 Å². The molecule has 0 bridgehead atoms. The number of hydrogen-bond acceptors (Lipinski definition) is 2. The number of para-hydroxylation sites is 2. The van der Waals surface area contributed by atoms with E-state index in [2.05, 4.69) is 21.2 Å². The maximum absolute atomic E-state index is 12.6. The first-order chi connectivity index (χ1) is 10.6. The van der Waals surface area contributed by atoms with Crippen LogP contribution in [0.5, 0.6) is 0 Å². The van der Waals surface area contributed by atoms with Crippen molar-refractivity contribution in [2.75, 3.05) is 10.2 Å². The Morgan fingerprint density at radius 1 is 1.14 bits per heavy atom. The Kier molecular flexibility index (Phi) is 3.98. The van der Waals surface area contributed by atoms with Gasteiger partial charge in [-0.25, -0.2) is 0 Å². The summed E-state index contributed by atoms with van der Waals surface area (Å²) in [6.45, 7) is 1.49. The molecule has 5 heteroatoms. The molecule has 3 rings (SSSR count). The molecular formula is C17H15BrN2O2. The number of rotatable bonds is 2. The van der Waals surface area contributed by atoms with Gasteiger partial charge >= 0.3 is 0 Å². The molecule has 1 aliphatic rings. The molecule has 0 saturated carbocycles. The Morgan fingerprint density at radius 3 is 2.55 bits per heavy atom. The summed E-state index contributed by atoms with van der Waals surface area (Å²) in [6.07, 6.45) is 0.534. The first kappa shape index (κ1) is 14.8. The highest BCUT2D eigenvalue weighted by molar-refractivity contribution is 9.10. The summed E-state index contributed by atoms with van der Waals surface area (Å²) in [5.74, 6) is -0.310. The summed E-state index contributed by atoms with van der Waals surface area (Å²) in [5.41, 5.74) is 2.54. The number of benzene rings is 2. The molecule has 0 aliphatic carbocycles. The monoisotopic (exact) mass is 358 g/mol. The molecule has 0 unspecified atom stereocenters. The maximum Gasteiger partial charge on any atom is 0.247 e. The van der Waals surface area contributed by atoms with E-state index in [0.717, 1.165) is 15.7 Å². The number of hydrogen-bond donors (Lipinski definition) is 1. The van der Waals surface area contributed by atoms with E-state index in [1.54, 1.807) is 4.90 Å². The van der Waals surface area contributed by atoms with E-state index in [1.807, 2.05) is 48.5 Å². The molecule has 2 aromatic rings. The Labute approximate surface area is 137 Å². The fourth-order valence-corrected chi connectivity index (χ4v) is 3.15. The molecule has 0 aromatic heterocycles. The van der Waals surface area contributed by atoms with Crippen molar-refractivity contribution in [3.8, 4) is 0 Å². The summed E-state index contributed by atoms with van der Waals surface area (Å²) < 4.78 is 0.813. The predicted molar refractivity (Wildman–Crippen MR) is 89.9 cm³/mol. The number of nitrogens with zero attached hydrogens (tertiary/aromatic N) is 1. The van der Waals surface area contributed by atoms with Crippen molar-refractivity contribution in [1.82, 2.24) is 0 Å². The summed E-state index contributed by atoms with van der Waals surface area (Å²) in [6, 6.07) is 14.5. The number of fused-ring (bicyclic) bond motifs is 1. The molecule has 0 fully saturated rings. The van der Waals surface area contributed by atoms with Crippen LogP contribution in [0.25, 0.3) is 0 Å². The van der Waals surface area contributed by atoms with E-state index >= 15 is 0 Å². The van der Waals surface area contributed by atoms with Crippen molar-refractivity contribution in [2.24, 2.45) is 0 Å². The van der Waals surface area contributed by atoms with E-state index in [-0.39, 0.29) is 11.8 Å². The lowest BCUT2D eigenvalue weighted by atomic mass is 10.1. The van der Waals surface area contributed by atoms with Crippen molar-refractivity contribution < 1.29 is 9.59 Å². The topological polar surface area (TPSA) is 49.4 Å². The number of carbonyl (C=O) groups excluding carboxylic acids is 2. The summed E-state index contributed by atoms with van der Waals surface area (Å²) in [5, 5.41) is 2.89. The third-order valence-electron chi connectivity index (χ3n) is 3.75. The SMILES string of the molecule is CC(=O)N1c2ccccc2C[C@@H]1C(=O)Nc1ccccc1Br. The van der Waals surface area contributed by atoms with Crippen LogP contribution >= 0.6 is 15.9 Å². The molecule has 1 aliphatic heterocycles. The van der Waals surface area contributed by atoms with Crippen LogP contribution in [0, 0.1) is 0 Å². The third-order valence-corrected chi connectivity index (χ3v) is 4.44. The zero-order valence-electron chi connectivity index (χ0n) is 12.0. The molecular weight excluding hydrogens is 344 g/mol. The van der Waals surface area contributed by atoms with Crippen LogP contribution < -0.4 is 10.2 Å². The minimum atomic E-state index is -0.512. The second-order valence-electron chi connectivity index (χ2n) is 5.21. The van der Waals surface area contributed by atoms with Gasteiger partial charge in [0.25, 0.3) is 0 Å². The van der Waals surface area contributed by atoms with Gasteiger partial charge in [0.1, 0.15) is 6.04 Å². The van der Waals surface area contributed by atoms with Crippen molar-refractivity contribution in [2.45, 2.75) is 19.4 Å². The molecule has 0 spiro atoms. The fourth-order valence-electron chi connectivity index (χ4n) is 2.76. The average Bonchev–Trinajstić information content (AvgIpc) is 2.89. The lowest BCUT2D eigenvalue weighted by Gasteiger charge is -2.23. The first-order valence-corrected chi connectivity index (χ1v) is 7.80. The van der Waals surface area contributed by atoms with Crippen LogP contribution in [0.1, 0.15) is 12.5 Å². The normalized spacial score (nSPS) is 16.3. The van der Waals surface area contributed by atoms with Crippen LogP contribution in [0.4, 0.5) is 11.4 Å².